The molecule has 200 valence electrons. The van der Waals surface area contributed by atoms with Crippen molar-refractivity contribution in [1.29, 1.82) is 5.26 Å². The number of nitriles is 1. The molecule has 1 aromatic heterocycles. The van der Waals surface area contributed by atoms with E-state index in [2.05, 4.69) is 59.3 Å². The third-order valence-corrected chi connectivity index (χ3v) is 7.60. The zero-order valence-electron chi connectivity index (χ0n) is 22.7. The molecule has 0 spiro atoms. The number of amides is 1. The van der Waals surface area contributed by atoms with Gasteiger partial charge >= 0.3 is 5.69 Å². The minimum Gasteiger partial charge on any atom is -0.358 e. The van der Waals surface area contributed by atoms with Crippen LogP contribution in [0.15, 0.2) is 29.1 Å². The van der Waals surface area contributed by atoms with Crippen LogP contribution in [0.3, 0.4) is 0 Å². The summed E-state index contributed by atoms with van der Waals surface area (Å²) in [5.41, 5.74) is -0.484. The first kappa shape index (κ1) is 27.1. The summed E-state index contributed by atoms with van der Waals surface area (Å²) in [6, 6.07) is 9.45. The standard InChI is InChI=1S/C28H41N7O2/c1-27(2,3)19-22(25(36)32-28(20-29)11-7-8-12-28)30-24-21-9-5-6-10-23(21)35(26(37)31-24)18-17-34-15-13-33(4)14-16-34/h5-6,9-10,22H,7-8,11-19H2,1-4H3,(H,32,36)(H,30,31,37)/t22-/m0/s1. The average Bonchev–Trinajstić information content (AvgIpc) is 3.32. The van der Waals surface area contributed by atoms with Crippen LogP contribution >= 0.6 is 0 Å². The predicted octanol–water partition coefficient (Wildman–Crippen LogP) is 2.81. The lowest BCUT2D eigenvalue weighted by Gasteiger charge is -2.32. The Morgan fingerprint density at radius 3 is 2.46 bits per heavy atom. The van der Waals surface area contributed by atoms with Crippen molar-refractivity contribution in [2.24, 2.45) is 5.41 Å². The molecule has 4 rings (SSSR count). The number of hydrogen-bond donors (Lipinski definition) is 2. The highest BCUT2D eigenvalue weighted by Crippen LogP contribution is 2.30. The molecule has 2 fully saturated rings. The predicted molar refractivity (Wildman–Crippen MR) is 146 cm³/mol. The van der Waals surface area contributed by atoms with Gasteiger partial charge in [-0.1, -0.05) is 32.9 Å². The van der Waals surface area contributed by atoms with Crippen molar-refractivity contribution in [3.05, 3.63) is 34.7 Å². The van der Waals surface area contributed by atoms with E-state index in [1.54, 1.807) is 4.57 Å². The summed E-state index contributed by atoms with van der Waals surface area (Å²) in [5, 5.41) is 16.9. The lowest BCUT2D eigenvalue weighted by molar-refractivity contribution is -0.123. The van der Waals surface area contributed by atoms with Crippen molar-refractivity contribution in [2.45, 2.75) is 71.0 Å². The second kappa shape index (κ2) is 11.2. The highest BCUT2D eigenvalue weighted by atomic mass is 16.2. The molecule has 1 saturated carbocycles. The normalized spacial score (nSPS) is 19.4. The van der Waals surface area contributed by atoms with E-state index in [1.165, 1.54) is 0 Å². The van der Waals surface area contributed by atoms with Gasteiger partial charge in [0.2, 0.25) is 5.91 Å². The van der Waals surface area contributed by atoms with Gasteiger partial charge in [0, 0.05) is 44.7 Å². The largest absolute Gasteiger partial charge is 0.358 e. The summed E-state index contributed by atoms with van der Waals surface area (Å²) in [7, 11) is 2.13. The van der Waals surface area contributed by atoms with Crippen LogP contribution in [0.1, 0.15) is 52.9 Å². The van der Waals surface area contributed by atoms with Gasteiger partial charge in [-0.25, -0.2) is 4.79 Å². The number of benzene rings is 1. The van der Waals surface area contributed by atoms with Crippen LogP contribution in [0.4, 0.5) is 5.82 Å². The van der Waals surface area contributed by atoms with Crippen LogP contribution in [0, 0.1) is 16.7 Å². The number of aromatic nitrogens is 2. The maximum absolute atomic E-state index is 13.5. The fraction of sp³-hybridized carbons (Fsp3) is 0.643. The monoisotopic (exact) mass is 507 g/mol. The van der Waals surface area contributed by atoms with Crippen molar-refractivity contribution >= 4 is 22.6 Å². The van der Waals surface area contributed by atoms with Gasteiger partial charge in [0.1, 0.15) is 17.4 Å². The molecule has 1 aromatic carbocycles. The molecular weight excluding hydrogens is 466 g/mol. The molecule has 2 N–H and O–H groups in total. The maximum atomic E-state index is 13.5. The number of carbonyl (C=O) groups is 1. The highest BCUT2D eigenvalue weighted by Gasteiger charge is 2.38. The number of carbonyl (C=O) groups excluding carboxylic acids is 1. The molecule has 2 aromatic rings. The van der Waals surface area contributed by atoms with E-state index in [4.69, 9.17) is 0 Å². The van der Waals surface area contributed by atoms with Crippen LogP contribution in [-0.2, 0) is 11.3 Å². The van der Waals surface area contributed by atoms with Crippen molar-refractivity contribution < 1.29 is 4.79 Å². The quantitative estimate of drug-likeness (QED) is 0.566. The highest BCUT2D eigenvalue weighted by molar-refractivity contribution is 5.92. The summed E-state index contributed by atoms with van der Waals surface area (Å²) >= 11 is 0. The van der Waals surface area contributed by atoms with Crippen molar-refractivity contribution in [1.82, 2.24) is 24.7 Å². The van der Waals surface area contributed by atoms with Gasteiger partial charge in [-0.2, -0.15) is 10.2 Å². The lowest BCUT2D eigenvalue weighted by atomic mass is 9.87. The fourth-order valence-corrected chi connectivity index (χ4v) is 5.42. The first-order valence-corrected chi connectivity index (χ1v) is 13.5. The van der Waals surface area contributed by atoms with Crippen molar-refractivity contribution in [3.63, 3.8) is 0 Å². The van der Waals surface area contributed by atoms with Crippen LogP contribution in [0.2, 0.25) is 0 Å². The van der Waals surface area contributed by atoms with Gasteiger partial charge in [-0.15, -0.1) is 0 Å². The molecule has 0 radical (unpaired) electrons. The van der Waals surface area contributed by atoms with Crippen molar-refractivity contribution in [3.8, 4) is 6.07 Å². The van der Waals surface area contributed by atoms with Gasteiger partial charge in [0.05, 0.1) is 11.6 Å². The maximum Gasteiger partial charge on any atom is 0.350 e. The summed E-state index contributed by atoms with van der Waals surface area (Å²) in [5.74, 6) is 0.196. The van der Waals surface area contributed by atoms with Crippen molar-refractivity contribution in [2.75, 3.05) is 45.1 Å². The number of fused-ring (bicyclic) bond motifs is 1. The van der Waals surface area contributed by atoms with Crippen LogP contribution in [-0.4, -0.2) is 76.6 Å². The topological polar surface area (TPSA) is 106 Å². The van der Waals surface area contributed by atoms with E-state index >= 15 is 0 Å². The molecule has 9 nitrogen and oxygen atoms in total. The van der Waals surface area contributed by atoms with E-state index in [0.29, 0.717) is 31.6 Å². The van der Waals surface area contributed by atoms with Gasteiger partial charge in [0.25, 0.3) is 0 Å². The van der Waals surface area contributed by atoms with E-state index in [0.717, 1.165) is 56.5 Å². The van der Waals surface area contributed by atoms with Gasteiger partial charge in [0.15, 0.2) is 0 Å². The molecular formula is C28H41N7O2. The van der Waals surface area contributed by atoms with Gasteiger partial charge < -0.3 is 15.5 Å². The lowest BCUT2D eigenvalue weighted by Crippen LogP contribution is -2.52. The Balaban J connectivity index is 1.59. The number of nitrogens with zero attached hydrogens (tertiary/aromatic N) is 5. The Bertz CT molecular complexity index is 1200. The zero-order valence-corrected chi connectivity index (χ0v) is 22.7. The molecule has 37 heavy (non-hydrogen) atoms. The Morgan fingerprint density at radius 1 is 1.14 bits per heavy atom. The minimum atomic E-state index is -0.808. The molecule has 1 saturated heterocycles. The Labute approximate surface area is 219 Å². The Hall–Kier alpha value is -2.96. The average molecular weight is 508 g/mol. The van der Waals surface area contributed by atoms with E-state index in [-0.39, 0.29) is 17.0 Å². The molecule has 2 aliphatic rings. The molecule has 1 aliphatic carbocycles. The molecule has 0 bridgehead atoms. The number of para-hydroxylation sites is 1. The summed E-state index contributed by atoms with van der Waals surface area (Å²) in [6.45, 7) is 11.6. The number of rotatable bonds is 8. The van der Waals surface area contributed by atoms with Crippen LogP contribution in [0.25, 0.3) is 10.9 Å². The Kier molecular flexibility index (Phi) is 8.20. The smallest absolute Gasteiger partial charge is 0.350 e. The number of hydrogen-bond acceptors (Lipinski definition) is 7. The SMILES string of the molecule is CN1CCN(CCn2c(=O)nc(N[C@@H](CC(C)(C)C)C(=O)NC3(C#N)CCCC3)c3ccccc32)CC1. The molecule has 1 aliphatic heterocycles. The molecule has 1 atom stereocenters. The Morgan fingerprint density at radius 2 is 1.81 bits per heavy atom. The summed E-state index contributed by atoms with van der Waals surface area (Å²) in [6.07, 6.45) is 3.74. The fourth-order valence-electron chi connectivity index (χ4n) is 5.42. The second-order valence-electron chi connectivity index (χ2n) is 11.9. The second-order valence-corrected chi connectivity index (χ2v) is 11.9. The van der Waals surface area contributed by atoms with Crippen LogP contribution in [0.5, 0.6) is 0 Å². The molecule has 9 heteroatoms. The minimum absolute atomic E-state index is 0.155. The first-order valence-electron chi connectivity index (χ1n) is 13.5. The number of likely N-dealkylation sites (N-methyl/N-ethyl adjacent to an activating group) is 1. The number of piperazine rings is 1. The van der Waals surface area contributed by atoms with Crippen LogP contribution < -0.4 is 16.3 Å². The molecule has 1 amide bonds. The summed E-state index contributed by atoms with van der Waals surface area (Å²) in [4.78, 5) is 35.8. The summed E-state index contributed by atoms with van der Waals surface area (Å²) < 4.78 is 1.74. The third-order valence-electron chi connectivity index (χ3n) is 7.60. The number of nitrogens with one attached hydrogen (secondary N) is 2. The first-order chi connectivity index (χ1) is 17.6. The molecule has 2 heterocycles. The zero-order chi connectivity index (χ0) is 26.6. The van der Waals surface area contributed by atoms with Gasteiger partial charge in [-0.05, 0) is 56.7 Å². The van der Waals surface area contributed by atoms with Gasteiger partial charge in [-0.3, -0.25) is 14.3 Å². The third kappa shape index (κ3) is 6.68. The molecule has 0 unspecified atom stereocenters. The number of anilines is 1. The van der Waals surface area contributed by atoms with E-state index < -0.39 is 11.6 Å². The van der Waals surface area contributed by atoms with E-state index in [1.807, 2.05) is 24.3 Å². The van der Waals surface area contributed by atoms with E-state index in [9.17, 15) is 14.9 Å².